The fourth-order valence-electron chi connectivity index (χ4n) is 1.08. The molecule has 106 valence electrons. The van der Waals surface area contributed by atoms with Gasteiger partial charge in [-0.2, -0.15) is 0 Å². The maximum Gasteiger partial charge on any atom is 0.255 e. The second-order valence-electron chi connectivity index (χ2n) is 4.46. The van der Waals surface area contributed by atoms with Gasteiger partial charge < -0.3 is 21.5 Å². The predicted octanol–water partition coefficient (Wildman–Crippen LogP) is 0.648. The molecule has 0 aliphatic heterocycles. The van der Waals surface area contributed by atoms with Crippen LogP contribution in [0.15, 0.2) is 24.3 Å². The zero-order chi connectivity index (χ0) is 13.8. The summed E-state index contributed by atoms with van der Waals surface area (Å²) in [5, 5.41) is 2.66. The Morgan fingerprint density at radius 2 is 1.79 bits per heavy atom. The molecule has 6 nitrogen and oxygen atoms in total. The molecule has 5 N–H and O–H groups in total. The fraction of sp³-hybridized carbons (Fsp3) is 0.333. The zero-order valence-corrected chi connectivity index (χ0v) is 11.6. The normalized spacial score (nSPS) is 10.3. The van der Waals surface area contributed by atoms with E-state index < -0.39 is 11.4 Å². The van der Waals surface area contributed by atoms with E-state index in [-0.39, 0.29) is 24.9 Å². The molecule has 0 aliphatic rings. The number of nitrogens with two attached hydrogens (primary N) is 2. The maximum atomic E-state index is 11.6. The lowest BCUT2D eigenvalue weighted by molar-refractivity contribution is -0.120. The lowest BCUT2D eigenvalue weighted by Crippen LogP contribution is -2.45. The van der Waals surface area contributed by atoms with E-state index in [1.54, 1.807) is 38.1 Å². The molecule has 1 aromatic carbocycles. The van der Waals surface area contributed by atoms with Crippen LogP contribution in [0.1, 0.15) is 13.8 Å². The molecule has 0 atom stereocenters. The molecule has 0 radical (unpaired) electrons. The van der Waals surface area contributed by atoms with Gasteiger partial charge in [0.25, 0.3) is 5.91 Å². The van der Waals surface area contributed by atoms with Crippen molar-refractivity contribution in [1.29, 1.82) is 0 Å². The van der Waals surface area contributed by atoms with Crippen LogP contribution >= 0.6 is 12.4 Å². The number of halogens is 1. The summed E-state index contributed by atoms with van der Waals surface area (Å²) >= 11 is 0. The Bertz CT molecular complexity index is 441. The van der Waals surface area contributed by atoms with Crippen molar-refractivity contribution in [3.05, 3.63) is 24.3 Å². The number of benzene rings is 1. The van der Waals surface area contributed by atoms with Gasteiger partial charge in [-0.15, -0.1) is 12.4 Å². The van der Waals surface area contributed by atoms with Gasteiger partial charge in [-0.05, 0) is 38.1 Å². The molecular formula is C12H18ClN3O3. The molecule has 2 amide bonds. The van der Waals surface area contributed by atoms with Crippen LogP contribution in [0.5, 0.6) is 5.75 Å². The van der Waals surface area contributed by atoms with Crippen molar-refractivity contribution < 1.29 is 14.3 Å². The van der Waals surface area contributed by atoms with E-state index in [0.717, 1.165) is 0 Å². The van der Waals surface area contributed by atoms with Crippen molar-refractivity contribution in [3.63, 3.8) is 0 Å². The number of carbonyl (C=O) groups is 2. The highest BCUT2D eigenvalue weighted by molar-refractivity contribution is 5.97. The monoisotopic (exact) mass is 287 g/mol. The van der Waals surface area contributed by atoms with Crippen LogP contribution in [-0.2, 0) is 9.59 Å². The molecule has 0 heterocycles. The van der Waals surface area contributed by atoms with Crippen molar-refractivity contribution in [2.75, 3.05) is 11.9 Å². The minimum absolute atomic E-state index is 0. The van der Waals surface area contributed by atoms with Gasteiger partial charge >= 0.3 is 0 Å². The Kier molecular flexibility index (Phi) is 6.31. The number of nitrogens with one attached hydrogen (secondary N) is 1. The van der Waals surface area contributed by atoms with Gasteiger partial charge in [0.1, 0.15) is 5.75 Å². The van der Waals surface area contributed by atoms with Gasteiger partial charge in [0.05, 0.1) is 5.54 Å². The van der Waals surface area contributed by atoms with Crippen LogP contribution in [0.3, 0.4) is 0 Å². The largest absolute Gasteiger partial charge is 0.484 e. The van der Waals surface area contributed by atoms with Gasteiger partial charge in [0.15, 0.2) is 6.61 Å². The van der Waals surface area contributed by atoms with Crippen molar-refractivity contribution in [2.45, 2.75) is 19.4 Å². The molecule has 19 heavy (non-hydrogen) atoms. The molecule has 0 aromatic heterocycles. The molecule has 0 aliphatic carbocycles. The molecule has 1 aromatic rings. The second-order valence-corrected chi connectivity index (χ2v) is 4.46. The summed E-state index contributed by atoms with van der Waals surface area (Å²) in [6.07, 6.45) is 0. The van der Waals surface area contributed by atoms with E-state index in [1.807, 2.05) is 0 Å². The number of carbonyl (C=O) groups excluding carboxylic acids is 2. The highest BCUT2D eigenvalue weighted by Gasteiger charge is 2.21. The lowest BCUT2D eigenvalue weighted by Gasteiger charge is -2.17. The van der Waals surface area contributed by atoms with Crippen LogP contribution in [0.4, 0.5) is 5.69 Å². The third-order valence-electron chi connectivity index (χ3n) is 2.08. The van der Waals surface area contributed by atoms with Crippen LogP contribution in [0.25, 0.3) is 0 Å². The molecule has 0 spiro atoms. The van der Waals surface area contributed by atoms with E-state index in [1.165, 1.54) is 0 Å². The summed E-state index contributed by atoms with van der Waals surface area (Å²) in [6.45, 7) is 3.06. The smallest absolute Gasteiger partial charge is 0.255 e. The van der Waals surface area contributed by atoms with Gasteiger partial charge in [0.2, 0.25) is 5.91 Å². The number of anilines is 1. The minimum Gasteiger partial charge on any atom is -0.484 e. The highest BCUT2D eigenvalue weighted by Crippen LogP contribution is 2.16. The van der Waals surface area contributed by atoms with Crippen LogP contribution in [-0.4, -0.2) is 24.0 Å². The van der Waals surface area contributed by atoms with Gasteiger partial charge in [-0.1, -0.05) is 0 Å². The Morgan fingerprint density at radius 1 is 1.26 bits per heavy atom. The van der Waals surface area contributed by atoms with E-state index in [9.17, 15) is 9.59 Å². The Labute approximate surface area is 117 Å². The summed E-state index contributed by atoms with van der Waals surface area (Å²) in [5.41, 5.74) is 10.3. The SMILES string of the molecule is CC(C)(N)C(=O)Nc1ccc(OCC(N)=O)cc1.Cl. The number of primary amides is 1. The van der Waals surface area contributed by atoms with E-state index >= 15 is 0 Å². The summed E-state index contributed by atoms with van der Waals surface area (Å²) in [7, 11) is 0. The molecule has 0 saturated heterocycles. The topological polar surface area (TPSA) is 107 Å². The molecule has 0 bridgehead atoms. The zero-order valence-electron chi connectivity index (χ0n) is 10.8. The van der Waals surface area contributed by atoms with Crippen LogP contribution in [0.2, 0.25) is 0 Å². The Hall–Kier alpha value is -1.79. The number of ether oxygens (including phenoxy) is 1. The van der Waals surface area contributed by atoms with Crippen molar-refractivity contribution in [2.24, 2.45) is 11.5 Å². The van der Waals surface area contributed by atoms with Crippen molar-refractivity contribution in [1.82, 2.24) is 0 Å². The van der Waals surface area contributed by atoms with E-state index in [0.29, 0.717) is 11.4 Å². The van der Waals surface area contributed by atoms with Crippen molar-refractivity contribution in [3.8, 4) is 5.75 Å². The third-order valence-corrected chi connectivity index (χ3v) is 2.08. The molecule has 1 rings (SSSR count). The minimum atomic E-state index is -0.943. The number of rotatable bonds is 5. The Balaban J connectivity index is 0.00000324. The predicted molar refractivity (Wildman–Crippen MR) is 75.3 cm³/mol. The lowest BCUT2D eigenvalue weighted by atomic mass is 10.1. The summed E-state index contributed by atoms with van der Waals surface area (Å²) in [6, 6.07) is 6.56. The standard InChI is InChI=1S/C12H17N3O3.ClH/c1-12(2,14)11(17)15-8-3-5-9(6-4-8)18-7-10(13)16;/h3-6H,7,14H2,1-2H3,(H2,13,16)(H,15,17);1H. The first-order valence-corrected chi connectivity index (χ1v) is 5.40. The van der Waals surface area contributed by atoms with Gasteiger partial charge in [-0.25, -0.2) is 0 Å². The van der Waals surface area contributed by atoms with Crippen LogP contribution in [0, 0.1) is 0 Å². The van der Waals surface area contributed by atoms with Gasteiger partial charge in [-0.3, -0.25) is 9.59 Å². The molecule has 0 saturated carbocycles. The van der Waals surface area contributed by atoms with E-state index in [4.69, 9.17) is 16.2 Å². The second kappa shape index (κ2) is 6.96. The summed E-state index contributed by atoms with van der Waals surface area (Å²) in [4.78, 5) is 22.1. The van der Waals surface area contributed by atoms with Gasteiger partial charge in [0, 0.05) is 5.69 Å². The average molecular weight is 288 g/mol. The van der Waals surface area contributed by atoms with Crippen LogP contribution < -0.4 is 21.5 Å². The first kappa shape index (κ1) is 17.2. The molecule has 0 fully saturated rings. The number of amides is 2. The summed E-state index contributed by atoms with van der Waals surface area (Å²) < 4.78 is 5.08. The maximum absolute atomic E-state index is 11.6. The first-order valence-electron chi connectivity index (χ1n) is 5.40. The fourth-order valence-corrected chi connectivity index (χ4v) is 1.08. The average Bonchev–Trinajstić information content (AvgIpc) is 2.26. The summed E-state index contributed by atoms with van der Waals surface area (Å²) in [5.74, 6) is -0.329. The molecule has 0 unspecified atom stereocenters. The first-order chi connectivity index (χ1) is 8.29. The van der Waals surface area contributed by atoms with Crippen molar-refractivity contribution >= 4 is 29.9 Å². The third kappa shape index (κ3) is 6.08. The van der Waals surface area contributed by atoms with E-state index in [2.05, 4.69) is 5.32 Å². The number of hydrogen-bond acceptors (Lipinski definition) is 4. The quantitative estimate of drug-likeness (QED) is 0.739. The Morgan fingerprint density at radius 3 is 2.21 bits per heavy atom. The molecular weight excluding hydrogens is 270 g/mol. The number of hydrogen-bond donors (Lipinski definition) is 3. The highest BCUT2D eigenvalue weighted by atomic mass is 35.5. The molecule has 7 heteroatoms.